The average Bonchev–Trinajstić information content (AvgIpc) is 2.13. The summed E-state index contributed by atoms with van der Waals surface area (Å²) in [5.41, 5.74) is 5.55. The molecule has 1 aromatic rings. The van der Waals surface area contributed by atoms with Gasteiger partial charge < -0.3 is 5.73 Å². The molecule has 0 aromatic carbocycles. The summed E-state index contributed by atoms with van der Waals surface area (Å²) in [4.78, 5) is 3.97. The first kappa shape index (κ1) is 7.21. The van der Waals surface area contributed by atoms with E-state index in [0.717, 1.165) is 12.4 Å². The van der Waals surface area contributed by atoms with Gasteiger partial charge in [0, 0.05) is 6.04 Å². The molecule has 0 saturated carbocycles. The molecule has 0 aliphatic rings. The average molecular weight is 140 g/mol. The molecule has 2 N–H and O–H groups in total. The second kappa shape index (κ2) is 2.79. The second-order valence-electron chi connectivity index (χ2n) is 2.49. The van der Waals surface area contributed by atoms with Crippen LogP contribution in [0, 0.1) is 6.92 Å². The van der Waals surface area contributed by atoms with Crippen molar-refractivity contribution >= 4 is 0 Å². The fraction of sp³-hybridized carbons (Fsp3) is 0.667. The predicted molar refractivity (Wildman–Crippen MR) is 38.4 cm³/mol. The third kappa shape index (κ3) is 1.80. The van der Waals surface area contributed by atoms with Crippen LogP contribution in [-0.4, -0.2) is 20.8 Å². The normalized spacial score (nSPS) is 13.5. The van der Waals surface area contributed by atoms with E-state index in [1.54, 1.807) is 11.0 Å². The highest BCUT2D eigenvalue weighted by Gasteiger charge is 1.97. The van der Waals surface area contributed by atoms with E-state index in [1.807, 2.05) is 13.8 Å². The summed E-state index contributed by atoms with van der Waals surface area (Å²) in [5, 5.41) is 4.08. The van der Waals surface area contributed by atoms with Gasteiger partial charge in [-0.15, -0.1) is 0 Å². The summed E-state index contributed by atoms with van der Waals surface area (Å²) in [5.74, 6) is 0.792. The molecule has 0 radical (unpaired) electrons. The smallest absolute Gasteiger partial charge is 0.147 e. The lowest BCUT2D eigenvalue weighted by molar-refractivity contribution is 0.535. The Morgan fingerprint density at radius 3 is 2.90 bits per heavy atom. The molecule has 1 heterocycles. The molecule has 10 heavy (non-hydrogen) atoms. The number of nitrogens with zero attached hydrogens (tertiary/aromatic N) is 3. The molecule has 0 fully saturated rings. The Morgan fingerprint density at radius 1 is 1.80 bits per heavy atom. The Balaban J connectivity index is 2.58. The van der Waals surface area contributed by atoms with Gasteiger partial charge in [-0.25, -0.2) is 4.98 Å². The van der Waals surface area contributed by atoms with Crippen LogP contribution in [0.15, 0.2) is 6.33 Å². The Hall–Kier alpha value is -0.900. The van der Waals surface area contributed by atoms with Gasteiger partial charge in [0.15, 0.2) is 0 Å². The minimum atomic E-state index is 0.140. The largest absolute Gasteiger partial charge is 0.326 e. The molecular weight excluding hydrogens is 128 g/mol. The molecule has 1 rings (SSSR count). The fourth-order valence-electron chi connectivity index (χ4n) is 0.771. The van der Waals surface area contributed by atoms with Crippen molar-refractivity contribution in [2.24, 2.45) is 5.73 Å². The molecule has 0 saturated heterocycles. The van der Waals surface area contributed by atoms with Gasteiger partial charge in [-0.05, 0) is 13.8 Å². The van der Waals surface area contributed by atoms with E-state index in [4.69, 9.17) is 5.73 Å². The van der Waals surface area contributed by atoms with Crippen molar-refractivity contribution in [2.45, 2.75) is 26.4 Å². The van der Waals surface area contributed by atoms with E-state index in [-0.39, 0.29) is 6.04 Å². The first-order chi connectivity index (χ1) is 4.68. The maximum absolute atomic E-state index is 5.55. The van der Waals surface area contributed by atoms with E-state index in [9.17, 15) is 0 Å². The molecule has 1 unspecified atom stereocenters. The predicted octanol–water partition coefficient (Wildman–Crippen LogP) is -0.0663. The number of hydrogen-bond donors (Lipinski definition) is 1. The van der Waals surface area contributed by atoms with Gasteiger partial charge in [0.25, 0.3) is 0 Å². The van der Waals surface area contributed by atoms with Crippen molar-refractivity contribution in [1.29, 1.82) is 0 Å². The molecule has 1 aromatic heterocycles. The highest BCUT2D eigenvalue weighted by Crippen LogP contribution is 1.88. The van der Waals surface area contributed by atoms with Crippen molar-refractivity contribution in [3.63, 3.8) is 0 Å². The second-order valence-corrected chi connectivity index (χ2v) is 2.49. The molecule has 0 spiro atoms. The van der Waals surface area contributed by atoms with Crippen molar-refractivity contribution in [3.8, 4) is 0 Å². The topological polar surface area (TPSA) is 56.7 Å². The van der Waals surface area contributed by atoms with Gasteiger partial charge in [0.1, 0.15) is 12.2 Å². The highest BCUT2D eigenvalue weighted by molar-refractivity contribution is 4.75. The number of aryl methyl sites for hydroxylation is 1. The highest BCUT2D eigenvalue weighted by atomic mass is 15.3. The standard InChI is InChI=1S/C6H12N4/c1-5(7)3-10-4-8-6(2)9-10/h4-5H,3,7H2,1-2H3. The number of rotatable bonds is 2. The Kier molecular flexibility index (Phi) is 2.01. The quantitative estimate of drug-likeness (QED) is 0.625. The van der Waals surface area contributed by atoms with Crippen LogP contribution in [0.1, 0.15) is 12.7 Å². The van der Waals surface area contributed by atoms with E-state index in [0.29, 0.717) is 0 Å². The zero-order chi connectivity index (χ0) is 7.56. The van der Waals surface area contributed by atoms with Gasteiger partial charge in [-0.2, -0.15) is 5.10 Å². The van der Waals surface area contributed by atoms with Gasteiger partial charge in [0.2, 0.25) is 0 Å². The summed E-state index contributed by atoms with van der Waals surface area (Å²) in [6, 6.07) is 0.140. The van der Waals surface area contributed by atoms with Crippen LogP contribution in [-0.2, 0) is 6.54 Å². The van der Waals surface area contributed by atoms with Gasteiger partial charge in [-0.3, -0.25) is 4.68 Å². The summed E-state index contributed by atoms with van der Waals surface area (Å²) >= 11 is 0. The van der Waals surface area contributed by atoms with Crippen molar-refractivity contribution in [2.75, 3.05) is 0 Å². The molecule has 0 aliphatic carbocycles. The maximum atomic E-state index is 5.55. The van der Waals surface area contributed by atoms with Crippen LogP contribution in [0.5, 0.6) is 0 Å². The van der Waals surface area contributed by atoms with Crippen LogP contribution in [0.2, 0.25) is 0 Å². The molecule has 4 heteroatoms. The van der Waals surface area contributed by atoms with Gasteiger partial charge >= 0.3 is 0 Å². The fourth-order valence-corrected chi connectivity index (χ4v) is 0.771. The molecule has 0 bridgehead atoms. The monoisotopic (exact) mass is 140 g/mol. The lowest BCUT2D eigenvalue weighted by Crippen LogP contribution is -2.22. The lowest BCUT2D eigenvalue weighted by atomic mass is 10.4. The Morgan fingerprint density at radius 2 is 2.50 bits per heavy atom. The first-order valence-electron chi connectivity index (χ1n) is 3.30. The van der Waals surface area contributed by atoms with Crippen molar-refractivity contribution in [1.82, 2.24) is 14.8 Å². The third-order valence-corrected chi connectivity index (χ3v) is 1.13. The Bertz CT molecular complexity index is 203. The molecule has 0 aliphatic heterocycles. The molecular formula is C6H12N4. The molecule has 0 amide bonds. The lowest BCUT2D eigenvalue weighted by Gasteiger charge is -2.02. The maximum Gasteiger partial charge on any atom is 0.147 e. The first-order valence-corrected chi connectivity index (χ1v) is 3.30. The SMILES string of the molecule is Cc1ncn(CC(C)N)n1. The van der Waals surface area contributed by atoms with Crippen LogP contribution < -0.4 is 5.73 Å². The minimum Gasteiger partial charge on any atom is -0.326 e. The number of nitrogens with two attached hydrogens (primary N) is 1. The third-order valence-electron chi connectivity index (χ3n) is 1.13. The molecule has 4 nitrogen and oxygen atoms in total. The van der Waals surface area contributed by atoms with E-state index in [1.165, 1.54) is 0 Å². The number of hydrogen-bond acceptors (Lipinski definition) is 3. The van der Waals surface area contributed by atoms with Crippen LogP contribution in [0.4, 0.5) is 0 Å². The summed E-state index contributed by atoms with van der Waals surface area (Å²) < 4.78 is 1.75. The molecule has 56 valence electrons. The van der Waals surface area contributed by atoms with Gasteiger partial charge in [0.05, 0.1) is 6.54 Å². The van der Waals surface area contributed by atoms with Crippen molar-refractivity contribution in [3.05, 3.63) is 12.2 Å². The van der Waals surface area contributed by atoms with Crippen LogP contribution in [0.25, 0.3) is 0 Å². The zero-order valence-corrected chi connectivity index (χ0v) is 6.28. The van der Waals surface area contributed by atoms with E-state index in [2.05, 4.69) is 10.1 Å². The summed E-state index contributed by atoms with van der Waals surface area (Å²) in [7, 11) is 0. The summed E-state index contributed by atoms with van der Waals surface area (Å²) in [6.07, 6.45) is 1.69. The number of aromatic nitrogens is 3. The van der Waals surface area contributed by atoms with Crippen LogP contribution in [0.3, 0.4) is 0 Å². The minimum absolute atomic E-state index is 0.140. The molecule has 1 atom stereocenters. The summed E-state index contributed by atoms with van der Waals surface area (Å²) in [6.45, 7) is 4.54. The van der Waals surface area contributed by atoms with Gasteiger partial charge in [-0.1, -0.05) is 0 Å². The van der Waals surface area contributed by atoms with E-state index < -0.39 is 0 Å². The van der Waals surface area contributed by atoms with Crippen molar-refractivity contribution < 1.29 is 0 Å². The Labute approximate surface area is 60.1 Å². The van der Waals surface area contributed by atoms with Crippen LogP contribution >= 0.6 is 0 Å². The zero-order valence-electron chi connectivity index (χ0n) is 6.28. The van der Waals surface area contributed by atoms with E-state index >= 15 is 0 Å².